The quantitative estimate of drug-likeness (QED) is 0.251. The van der Waals surface area contributed by atoms with Gasteiger partial charge in [0.25, 0.3) is 0 Å². The topological polar surface area (TPSA) is 130 Å². The van der Waals surface area contributed by atoms with Crippen molar-refractivity contribution < 1.29 is 43.0 Å². The van der Waals surface area contributed by atoms with Crippen LogP contribution >= 0.6 is 0 Å². The zero-order valence-electron chi connectivity index (χ0n) is 21.8. The van der Waals surface area contributed by atoms with Crippen molar-refractivity contribution in [3.8, 4) is 0 Å². The molecule has 0 atom stereocenters. The Morgan fingerprint density at radius 1 is 0.576 bits per heavy atom. The maximum Gasteiger partial charge on any atom is 0.313 e. The van der Waals surface area contributed by atoms with Gasteiger partial charge in [0.1, 0.15) is 36.6 Å². The fraction of sp³-hybridized carbons (Fsp3) is 0.750. The number of hydrogen-bond acceptors (Lipinski definition) is 9. The highest BCUT2D eigenvalue weighted by Crippen LogP contribution is 2.02. The van der Waals surface area contributed by atoms with E-state index in [-0.39, 0.29) is 60.5 Å². The molecule has 0 radical (unpaired) electrons. The van der Waals surface area contributed by atoms with E-state index in [1.54, 1.807) is 62.3 Å². The van der Waals surface area contributed by atoms with Crippen molar-refractivity contribution in [2.24, 2.45) is 17.8 Å². The molecule has 0 heterocycles. The van der Waals surface area contributed by atoms with Crippen LogP contribution in [0.25, 0.3) is 0 Å². The minimum atomic E-state index is -0.460. The molecule has 0 aromatic carbocycles. The summed E-state index contributed by atoms with van der Waals surface area (Å²) in [5, 5.41) is 0. The molecule has 0 unspecified atom stereocenters. The molecule has 0 N–H and O–H groups in total. The van der Waals surface area contributed by atoms with Crippen LogP contribution in [0.2, 0.25) is 0 Å². The summed E-state index contributed by atoms with van der Waals surface area (Å²) in [6.45, 7) is 16.2. The first kappa shape index (κ1) is 35.0. The fourth-order valence-corrected chi connectivity index (χ4v) is 1.63. The van der Waals surface area contributed by atoms with Gasteiger partial charge in [-0.15, -0.1) is 0 Å². The van der Waals surface area contributed by atoms with E-state index in [1.165, 1.54) is 7.11 Å². The molecule has 33 heavy (non-hydrogen) atoms. The van der Waals surface area contributed by atoms with Crippen molar-refractivity contribution in [2.75, 3.05) is 13.7 Å². The normalized spacial score (nSPS) is 10.0. The van der Waals surface area contributed by atoms with Crippen LogP contribution in [0.3, 0.4) is 0 Å². The van der Waals surface area contributed by atoms with Crippen molar-refractivity contribution in [2.45, 2.75) is 87.7 Å². The summed E-state index contributed by atoms with van der Waals surface area (Å²) in [6.07, 6.45) is -0.437. The Labute approximate surface area is 197 Å². The molecule has 192 valence electrons. The van der Waals surface area contributed by atoms with Crippen LogP contribution in [0.1, 0.15) is 81.6 Å². The van der Waals surface area contributed by atoms with E-state index in [1.807, 2.05) is 0 Å². The highest BCUT2D eigenvalue weighted by atomic mass is 16.5. The lowest BCUT2D eigenvalue weighted by Crippen LogP contribution is -2.18. The highest BCUT2D eigenvalue weighted by Gasteiger charge is 2.15. The maximum atomic E-state index is 11.0. The van der Waals surface area contributed by atoms with Crippen LogP contribution in [-0.4, -0.2) is 55.1 Å². The highest BCUT2D eigenvalue weighted by molar-refractivity contribution is 5.97. The molecule has 0 spiro atoms. The van der Waals surface area contributed by atoms with E-state index in [9.17, 15) is 28.8 Å². The average molecular weight is 475 g/mol. The number of Topliss-reactive ketones (excluding diaryl/α,β-unsaturated/α-hetero) is 3. The van der Waals surface area contributed by atoms with E-state index >= 15 is 0 Å². The van der Waals surface area contributed by atoms with Crippen molar-refractivity contribution in [3.63, 3.8) is 0 Å². The summed E-state index contributed by atoms with van der Waals surface area (Å²) >= 11 is 0. The van der Waals surface area contributed by atoms with Gasteiger partial charge >= 0.3 is 17.9 Å². The molecule has 9 nitrogen and oxygen atoms in total. The number of ketones is 3. The molecule has 0 saturated heterocycles. The van der Waals surface area contributed by atoms with Gasteiger partial charge in [0.15, 0.2) is 0 Å². The minimum absolute atomic E-state index is 0.0662. The van der Waals surface area contributed by atoms with Crippen LogP contribution < -0.4 is 0 Å². The lowest BCUT2D eigenvalue weighted by atomic mass is 10.1. The molecule has 0 aliphatic heterocycles. The van der Waals surface area contributed by atoms with E-state index in [0.29, 0.717) is 6.61 Å². The first-order chi connectivity index (χ1) is 15.1. The molecule has 0 bridgehead atoms. The Kier molecular flexibility index (Phi) is 21.3. The average Bonchev–Trinajstić information content (AvgIpc) is 2.67. The van der Waals surface area contributed by atoms with Crippen LogP contribution in [0, 0.1) is 17.8 Å². The van der Waals surface area contributed by atoms with Crippen LogP contribution in [0.15, 0.2) is 0 Å². The Hall–Kier alpha value is -2.58. The summed E-state index contributed by atoms with van der Waals surface area (Å²) in [4.78, 5) is 64.9. The molecule has 0 aromatic heterocycles. The van der Waals surface area contributed by atoms with Gasteiger partial charge in [-0.25, -0.2) is 0 Å². The smallest absolute Gasteiger partial charge is 0.313 e. The van der Waals surface area contributed by atoms with Crippen LogP contribution in [0.4, 0.5) is 0 Å². The van der Waals surface area contributed by atoms with Gasteiger partial charge in [-0.2, -0.15) is 0 Å². The Morgan fingerprint density at radius 3 is 1.18 bits per heavy atom. The second-order valence-corrected chi connectivity index (χ2v) is 8.31. The number of ether oxygens (including phenoxy) is 3. The third-order valence-corrected chi connectivity index (χ3v) is 3.79. The van der Waals surface area contributed by atoms with Crippen molar-refractivity contribution >= 4 is 35.3 Å². The molecule has 0 rings (SSSR count). The Balaban J connectivity index is -0.000000411. The molecule has 0 amide bonds. The fourth-order valence-electron chi connectivity index (χ4n) is 1.63. The molecular formula is C24H42O9. The third kappa shape index (κ3) is 23.9. The zero-order chi connectivity index (χ0) is 26.7. The SMILES string of the molecule is CC(C)OC(=O)CC(=O)C(C)C.CCOC(=O)CC(=O)C(C)C.COC(=O)CC(=O)C(C)C. The summed E-state index contributed by atoms with van der Waals surface area (Å²) < 4.78 is 13.7. The first-order valence-electron chi connectivity index (χ1n) is 11.1. The number of hydrogen-bond donors (Lipinski definition) is 0. The maximum absolute atomic E-state index is 11.0. The van der Waals surface area contributed by atoms with E-state index in [0.717, 1.165) is 0 Å². The molecule has 0 aliphatic rings. The summed E-state index contributed by atoms with van der Waals surface area (Å²) in [5.74, 6) is -1.78. The standard InChI is InChI=1S/C9H16O3.C8H14O3.C7H12O3/c1-6(2)8(10)5-9(11)12-7(3)4;1-4-11-8(10)5-7(9)6(2)3;1-5(2)6(8)4-7(9)10-3/h6-7H,5H2,1-4H3;6H,4-5H2,1-3H3;5H,4H2,1-3H3. The van der Waals surface area contributed by atoms with Gasteiger partial charge in [-0.05, 0) is 20.8 Å². The van der Waals surface area contributed by atoms with E-state index in [2.05, 4.69) is 9.47 Å². The van der Waals surface area contributed by atoms with E-state index in [4.69, 9.17) is 4.74 Å². The first-order valence-corrected chi connectivity index (χ1v) is 11.1. The summed E-state index contributed by atoms with van der Waals surface area (Å²) in [6, 6.07) is 0. The Morgan fingerprint density at radius 2 is 0.909 bits per heavy atom. The number of carbonyl (C=O) groups is 6. The van der Waals surface area contributed by atoms with Gasteiger partial charge in [0, 0.05) is 17.8 Å². The van der Waals surface area contributed by atoms with Crippen LogP contribution in [0.5, 0.6) is 0 Å². The van der Waals surface area contributed by atoms with Gasteiger partial charge in [-0.1, -0.05) is 41.5 Å². The third-order valence-electron chi connectivity index (χ3n) is 3.79. The molecule has 0 aliphatic carbocycles. The molecule has 0 aromatic rings. The number of methoxy groups -OCH3 is 1. The monoisotopic (exact) mass is 474 g/mol. The largest absolute Gasteiger partial charge is 0.469 e. The van der Waals surface area contributed by atoms with Crippen molar-refractivity contribution in [1.82, 2.24) is 0 Å². The number of rotatable bonds is 11. The summed E-state index contributed by atoms with van der Waals surface area (Å²) in [7, 11) is 1.27. The number of esters is 3. The van der Waals surface area contributed by atoms with Crippen molar-refractivity contribution in [1.29, 1.82) is 0 Å². The van der Waals surface area contributed by atoms with Crippen molar-refractivity contribution in [3.05, 3.63) is 0 Å². The van der Waals surface area contributed by atoms with Gasteiger partial charge < -0.3 is 14.2 Å². The number of carbonyl (C=O) groups excluding carboxylic acids is 6. The second-order valence-electron chi connectivity index (χ2n) is 8.31. The lowest BCUT2D eigenvalue weighted by molar-refractivity contribution is -0.150. The van der Waals surface area contributed by atoms with E-state index < -0.39 is 17.9 Å². The Bertz CT molecular complexity index is 632. The minimum Gasteiger partial charge on any atom is -0.469 e. The predicted molar refractivity (Wildman–Crippen MR) is 123 cm³/mol. The molecule has 0 fully saturated rings. The van der Waals surface area contributed by atoms with Gasteiger partial charge in [-0.3, -0.25) is 28.8 Å². The predicted octanol–water partition coefficient (Wildman–Crippen LogP) is 3.49. The molecular weight excluding hydrogens is 432 g/mol. The van der Waals surface area contributed by atoms with Gasteiger partial charge in [0.2, 0.25) is 0 Å². The second kappa shape index (κ2) is 20.1. The molecule has 0 saturated carbocycles. The van der Waals surface area contributed by atoms with Crippen LogP contribution in [-0.2, 0) is 43.0 Å². The lowest BCUT2D eigenvalue weighted by Gasteiger charge is -2.07. The molecule has 9 heteroatoms. The summed E-state index contributed by atoms with van der Waals surface area (Å²) in [5.41, 5.74) is 0. The zero-order valence-corrected chi connectivity index (χ0v) is 21.8. The van der Waals surface area contributed by atoms with Gasteiger partial charge in [0.05, 0.1) is 19.8 Å².